The summed E-state index contributed by atoms with van der Waals surface area (Å²) in [7, 11) is 0. The molecular weight excluding hydrogens is 326 g/mol. The maximum absolute atomic E-state index is 4.81. The molecule has 2 aromatic carbocycles. The first-order valence-electron chi connectivity index (χ1n) is 10.6. The van der Waals surface area contributed by atoms with Gasteiger partial charge < -0.3 is 0 Å². The minimum Gasteiger partial charge on any atom is -0.256 e. The van der Waals surface area contributed by atoms with Crippen LogP contribution >= 0.6 is 0 Å². The average Bonchev–Trinajstić information content (AvgIpc) is 3.21. The highest BCUT2D eigenvalue weighted by Crippen LogP contribution is 2.37. The lowest BCUT2D eigenvalue weighted by molar-refractivity contribution is 0.724. The first kappa shape index (κ1) is 18.2. The molecule has 4 rings (SSSR count). The van der Waals surface area contributed by atoms with Crippen LogP contribution in [0.5, 0.6) is 0 Å². The number of pyridine rings is 1. The van der Waals surface area contributed by atoms with Crippen LogP contribution in [0, 0.1) is 0 Å². The van der Waals surface area contributed by atoms with Gasteiger partial charge in [-0.3, -0.25) is 4.98 Å². The topological polar surface area (TPSA) is 12.9 Å². The van der Waals surface area contributed by atoms with E-state index in [0.717, 1.165) is 11.6 Å². The van der Waals surface area contributed by atoms with Gasteiger partial charge >= 0.3 is 0 Å². The van der Waals surface area contributed by atoms with Crippen molar-refractivity contribution in [2.45, 2.75) is 71.1 Å². The summed E-state index contributed by atoms with van der Waals surface area (Å²) in [6, 6.07) is 16.3. The fourth-order valence-electron chi connectivity index (χ4n) is 4.42. The Bertz CT molecular complexity index is 919. The molecule has 0 saturated heterocycles. The molecule has 1 fully saturated rings. The molecule has 0 amide bonds. The number of benzene rings is 2. The van der Waals surface area contributed by atoms with Crippen molar-refractivity contribution >= 4 is 10.8 Å². The van der Waals surface area contributed by atoms with Crippen molar-refractivity contribution in [2.75, 3.05) is 0 Å². The van der Waals surface area contributed by atoms with E-state index in [1.54, 1.807) is 0 Å². The third kappa shape index (κ3) is 3.65. The van der Waals surface area contributed by atoms with Gasteiger partial charge in [0.25, 0.3) is 0 Å². The first-order valence-corrected chi connectivity index (χ1v) is 10.6. The Morgan fingerprint density at radius 1 is 0.815 bits per heavy atom. The van der Waals surface area contributed by atoms with E-state index >= 15 is 0 Å². The summed E-state index contributed by atoms with van der Waals surface area (Å²) in [5.41, 5.74) is 6.69. The van der Waals surface area contributed by atoms with Crippen LogP contribution < -0.4 is 0 Å². The average molecular weight is 358 g/mol. The molecule has 0 bridgehead atoms. The molecule has 0 unspecified atom stereocenters. The van der Waals surface area contributed by atoms with Crippen LogP contribution in [0.3, 0.4) is 0 Å². The number of nitrogens with zero attached hydrogens (tertiary/aromatic N) is 1. The Labute approximate surface area is 163 Å². The molecule has 1 aliphatic carbocycles. The Morgan fingerprint density at radius 2 is 1.48 bits per heavy atom. The predicted molar refractivity (Wildman–Crippen MR) is 117 cm³/mol. The molecule has 0 atom stereocenters. The van der Waals surface area contributed by atoms with Crippen LogP contribution in [-0.2, 0) is 0 Å². The van der Waals surface area contributed by atoms with E-state index < -0.39 is 0 Å². The molecule has 1 aliphatic rings. The number of rotatable bonds is 4. The monoisotopic (exact) mass is 357 g/mol. The number of fused-ring (bicyclic) bond motifs is 1. The number of aromatic nitrogens is 1. The summed E-state index contributed by atoms with van der Waals surface area (Å²) >= 11 is 0. The maximum Gasteiger partial charge on any atom is 0.0780 e. The van der Waals surface area contributed by atoms with Gasteiger partial charge in [-0.25, -0.2) is 0 Å². The predicted octanol–water partition coefficient (Wildman–Crippen LogP) is 7.81. The lowest BCUT2D eigenvalue weighted by Gasteiger charge is -2.16. The molecule has 27 heavy (non-hydrogen) atoms. The van der Waals surface area contributed by atoms with Gasteiger partial charge in [0, 0.05) is 17.1 Å². The Morgan fingerprint density at radius 3 is 2.11 bits per heavy atom. The molecule has 1 aromatic heterocycles. The van der Waals surface area contributed by atoms with Gasteiger partial charge in [-0.2, -0.15) is 0 Å². The highest BCUT2D eigenvalue weighted by Gasteiger charge is 2.18. The highest BCUT2D eigenvalue weighted by atomic mass is 14.7. The minimum atomic E-state index is 0.520. The van der Waals surface area contributed by atoms with Crippen molar-refractivity contribution in [1.82, 2.24) is 4.98 Å². The van der Waals surface area contributed by atoms with Crippen molar-refractivity contribution in [3.63, 3.8) is 0 Å². The van der Waals surface area contributed by atoms with Crippen LogP contribution in [0.1, 0.15) is 87.8 Å². The summed E-state index contributed by atoms with van der Waals surface area (Å²) in [4.78, 5) is 4.81. The third-order valence-electron chi connectivity index (χ3n) is 6.20. The van der Waals surface area contributed by atoms with E-state index in [1.807, 2.05) is 6.20 Å². The van der Waals surface area contributed by atoms with E-state index in [0.29, 0.717) is 11.8 Å². The normalized spacial score (nSPS) is 15.3. The first-order chi connectivity index (χ1) is 13.0. The van der Waals surface area contributed by atoms with Gasteiger partial charge in [0.15, 0.2) is 0 Å². The second kappa shape index (κ2) is 7.46. The zero-order valence-electron chi connectivity index (χ0n) is 17.1. The van der Waals surface area contributed by atoms with Crippen molar-refractivity contribution in [1.29, 1.82) is 0 Å². The molecule has 0 aliphatic heterocycles. The number of hydrogen-bond acceptors (Lipinski definition) is 1. The fraction of sp³-hybridized carbons (Fsp3) is 0.423. The molecule has 1 saturated carbocycles. The summed E-state index contributed by atoms with van der Waals surface area (Å²) in [5, 5.41) is 2.60. The Kier molecular flexibility index (Phi) is 5.04. The van der Waals surface area contributed by atoms with Gasteiger partial charge in [0.2, 0.25) is 0 Å². The number of hydrogen-bond donors (Lipinski definition) is 0. The lowest BCUT2D eigenvalue weighted by Crippen LogP contribution is -1.97. The molecule has 0 spiro atoms. The van der Waals surface area contributed by atoms with E-state index in [-0.39, 0.29) is 0 Å². The summed E-state index contributed by atoms with van der Waals surface area (Å²) in [6.07, 6.45) is 7.43. The molecule has 0 N–H and O–H groups in total. The summed E-state index contributed by atoms with van der Waals surface area (Å²) < 4.78 is 0. The highest BCUT2D eigenvalue weighted by molar-refractivity contribution is 5.95. The van der Waals surface area contributed by atoms with Gasteiger partial charge in [-0.05, 0) is 70.9 Å². The zero-order chi connectivity index (χ0) is 19.0. The van der Waals surface area contributed by atoms with Gasteiger partial charge in [0.1, 0.15) is 0 Å². The van der Waals surface area contributed by atoms with Crippen LogP contribution in [0.2, 0.25) is 0 Å². The van der Waals surface area contributed by atoms with E-state index in [1.165, 1.54) is 58.7 Å². The molecule has 1 heterocycles. The molecule has 1 heteroatoms. The fourth-order valence-corrected chi connectivity index (χ4v) is 4.42. The van der Waals surface area contributed by atoms with Crippen LogP contribution in [0.15, 0.2) is 48.7 Å². The van der Waals surface area contributed by atoms with Gasteiger partial charge in [-0.15, -0.1) is 0 Å². The maximum atomic E-state index is 4.81. The Balaban J connectivity index is 1.84. The van der Waals surface area contributed by atoms with Crippen molar-refractivity contribution in [3.05, 3.63) is 65.4 Å². The molecule has 0 radical (unpaired) electrons. The second-order valence-electron chi connectivity index (χ2n) is 8.82. The lowest BCUT2D eigenvalue weighted by atomic mass is 9.90. The van der Waals surface area contributed by atoms with Crippen molar-refractivity contribution in [2.24, 2.45) is 0 Å². The van der Waals surface area contributed by atoms with E-state index in [2.05, 4.69) is 70.2 Å². The molecule has 140 valence electrons. The molecular formula is C26H31N. The summed E-state index contributed by atoms with van der Waals surface area (Å²) in [6.45, 7) is 9.09. The van der Waals surface area contributed by atoms with E-state index in [4.69, 9.17) is 4.98 Å². The molecule has 1 nitrogen and oxygen atoms in total. The SMILES string of the molecule is CC(C)c1cc(-c2nccc3cc(C4CCCC4)ccc23)cc(C(C)C)c1. The quantitative estimate of drug-likeness (QED) is 0.464. The van der Waals surface area contributed by atoms with Crippen LogP contribution in [-0.4, -0.2) is 4.98 Å². The van der Waals surface area contributed by atoms with Crippen molar-refractivity contribution in [3.8, 4) is 11.3 Å². The third-order valence-corrected chi connectivity index (χ3v) is 6.20. The van der Waals surface area contributed by atoms with Crippen LogP contribution in [0.25, 0.3) is 22.0 Å². The van der Waals surface area contributed by atoms with Gasteiger partial charge in [-0.1, -0.05) is 64.8 Å². The second-order valence-corrected chi connectivity index (χ2v) is 8.82. The Hall–Kier alpha value is -2.15. The smallest absolute Gasteiger partial charge is 0.0780 e. The van der Waals surface area contributed by atoms with Gasteiger partial charge in [0.05, 0.1) is 5.69 Å². The van der Waals surface area contributed by atoms with Crippen LogP contribution in [0.4, 0.5) is 0 Å². The standard InChI is InChI=1S/C26H31N/c1-17(2)22-14-23(18(3)4)16-24(15-22)26-25-10-9-20(19-7-5-6-8-19)13-21(25)11-12-27-26/h9-19H,5-8H2,1-4H3. The van der Waals surface area contributed by atoms with E-state index in [9.17, 15) is 0 Å². The summed E-state index contributed by atoms with van der Waals surface area (Å²) in [5.74, 6) is 1.79. The van der Waals surface area contributed by atoms with Crippen molar-refractivity contribution < 1.29 is 0 Å². The molecule has 3 aromatic rings. The zero-order valence-corrected chi connectivity index (χ0v) is 17.1. The largest absolute Gasteiger partial charge is 0.256 e. The minimum absolute atomic E-state index is 0.520.